The number of nitrogens with one attached hydrogen (secondary N) is 2. The number of alkyl halides is 3. The van der Waals surface area contributed by atoms with E-state index >= 15 is 0 Å². The third kappa shape index (κ3) is 7.08. The number of aryl methyl sites for hydroxylation is 2. The number of rotatable bonds is 11. The maximum absolute atomic E-state index is 13.7. The van der Waals surface area contributed by atoms with E-state index in [-0.39, 0.29) is 24.4 Å². The van der Waals surface area contributed by atoms with Gasteiger partial charge in [-0.05, 0) is 43.0 Å². The number of aliphatic hydroxyl groups excluding tert-OH is 1. The highest BCUT2D eigenvalue weighted by molar-refractivity contribution is 7.92. The Hall–Kier alpha value is -3.88. The molecule has 0 saturated heterocycles. The summed E-state index contributed by atoms with van der Waals surface area (Å²) >= 11 is 0. The van der Waals surface area contributed by atoms with E-state index in [2.05, 4.69) is 15.7 Å². The van der Waals surface area contributed by atoms with Crippen molar-refractivity contribution in [2.45, 2.75) is 57.7 Å². The third-order valence-electron chi connectivity index (χ3n) is 7.82. The smallest absolute Gasteiger partial charge is 0.390 e. The van der Waals surface area contributed by atoms with Crippen molar-refractivity contribution in [1.29, 1.82) is 0 Å². The van der Waals surface area contributed by atoms with Gasteiger partial charge in [-0.3, -0.25) is 13.8 Å². The summed E-state index contributed by atoms with van der Waals surface area (Å²) < 4.78 is 67.8. The number of aliphatic hydroxyl groups is 1. The normalized spacial score (nSPS) is 16.1. The summed E-state index contributed by atoms with van der Waals surface area (Å²) in [5.41, 5.74) is 3.74. The molecule has 2 aromatic carbocycles. The van der Waals surface area contributed by atoms with Crippen LogP contribution in [0.15, 0.2) is 61.1 Å². The lowest BCUT2D eigenvalue weighted by Crippen LogP contribution is -2.48. The number of amides is 1. The number of sulfonamides is 1. The predicted octanol–water partition coefficient (Wildman–Crippen LogP) is 3.23. The topological polar surface area (TPSA) is 121 Å². The predicted molar refractivity (Wildman–Crippen MR) is 161 cm³/mol. The molecule has 5 rings (SSSR count). The third-order valence-corrected chi connectivity index (χ3v) is 9.57. The Kier molecular flexibility index (Phi) is 9.05. The molecule has 3 N–H and O–H groups in total. The molecule has 1 aliphatic heterocycles. The molecular formula is C30H35F3N6O4S. The van der Waals surface area contributed by atoms with Crippen LogP contribution in [0, 0.1) is 0 Å². The maximum atomic E-state index is 13.7. The number of carbonyl (C=O) groups is 1. The number of nitrogens with zero attached hydrogens (tertiary/aromatic N) is 4. The minimum absolute atomic E-state index is 0.0372. The molecule has 0 spiro atoms. The van der Waals surface area contributed by atoms with Crippen LogP contribution in [-0.4, -0.2) is 71.4 Å². The van der Waals surface area contributed by atoms with Crippen molar-refractivity contribution in [3.63, 3.8) is 0 Å². The average molecular weight is 633 g/mol. The monoisotopic (exact) mass is 632 g/mol. The Morgan fingerprint density at radius 1 is 1.14 bits per heavy atom. The Morgan fingerprint density at radius 3 is 2.59 bits per heavy atom. The van der Waals surface area contributed by atoms with E-state index in [0.29, 0.717) is 30.6 Å². The first-order valence-electron chi connectivity index (χ1n) is 14.3. The summed E-state index contributed by atoms with van der Waals surface area (Å²) in [7, 11) is -2.09. The Morgan fingerprint density at radius 2 is 1.89 bits per heavy atom. The van der Waals surface area contributed by atoms with Gasteiger partial charge in [-0.2, -0.15) is 18.3 Å². The molecule has 1 amide bonds. The van der Waals surface area contributed by atoms with Gasteiger partial charge in [0, 0.05) is 55.6 Å². The highest BCUT2D eigenvalue weighted by atomic mass is 32.2. The van der Waals surface area contributed by atoms with E-state index in [1.807, 2.05) is 48.0 Å². The summed E-state index contributed by atoms with van der Waals surface area (Å²) in [6.45, 7) is 1.62. The summed E-state index contributed by atoms with van der Waals surface area (Å²) in [5, 5.41) is 21.7. The molecule has 4 aromatic rings. The lowest BCUT2D eigenvalue weighted by atomic mass is 10.00. The summed E-state index contributed by atoms with van der Waals surface area (Å²) in [6.07, 6.45) is -0.227. The van der Waals surface area contributed by atoms with Crippen LogP contribution in [-0.2, 0) is 42.5 Å². The molecule has 0 bridgehead atoms. The highest BCUT2D eigenvalue weighted by Gasteiger charge is 2.30. The second-order valence-electron chi connectivity index (χ2n) is 11.0. The molecule has 0 aliphatic carbocycles. The average Bonchev–Trinajstić information content (AvgIpc) is 3.55. The molecule has 2 atom stereocenters. The van der Waals surface area contributed by atoms with E-state index in [0.717, 1.165) is 26.7 Å². The van der Waals surface area contributed by atoms with Crippen molar-refractivity contribution in [3.05, 3.63) is 83.3 Å². The van der Waals surface area contributed by atoms with Crippen molar-refractivity contribution in [1.82, 2.24) is 25.0 Å². The van der Waals surface area contributed by atoms with Gasteiger partial charge in [0.2, 0.25) is 10.0 Å². The van der Waals surface area contributed by atoms with Gasteiger partial charge in [0.1, 0.15) is 6.54 Å². The molecule has 3 heterocycles. The zero-order chi connectivity index (χ0) is 31.6. The lowest BCUT2D eigenvalue weighted by Gasteiger charge is -2.25. The zero-order valence-electron chi connectivity index (χ0n) is 24.4. The number of hydrogen-bond donors (Lipinski definition) is 3. The first-order valence-corrected chi connectivity index (χ1v) is 15.9. The van der Waals surface area contributed by atoms with Crippen molar-refractivity contribution in [3.8, 4) is 0 Å². The van der Waals surface area contributed by atoms with E-state index in [1.165, 1.54) is 23.7 Å². The molecule has 44 heavy (non-hydrogen) atoms. The van der Waals surface area contributed by atoms with Crippen LogP contribution < -0.4 is 14.9 Å². The fourth-order valence-electron chi connectivity index (χ4n) is 5.52. The van der Waals surface area contributed by atoms with Crippen molar-refractivity contribution >= 4 is 32.5 Å². The van der Waals surface area contributed by atoms with Gasteiger partial charge in [-0.25, -0.2) is 8.42 Å². The Balaban J connectivity index is 1.36. The van der Waals surface area contributed by atoms with Crippen LogP contribution in [0.25, 0.3) is 10.9 Å². The standard InChI is InChI=1S/C30H35F3N6O4S/c1-3-38-18-22-9-10-44(42,43)37(2)25-12-23(13-26(38)28(22)25)29(41)36-24(11-20-7-5-4-6-8-20)27(40)16-34-14-21-15-35-39(17-21)19-30(31,32)33/h4-8,12-13,15,17-18,24,27,34,40H,3,9-11,14,16,19H2,1-2H3,(H,36,41)/t24-,27+/m0/s1. The van der Waals surface area contributed by atoms with Crippen LogP contribution in [0.4, 0.5) is 18.9 Å². The van der Waals surface area contributed by atoms with Gasteiger partial charge >= 0.3 is 6.18 Å². The van der Waals surface area contributed by atoms with Gasteiger partial charge in [-0.1, -0.05) is 30.3 Å². The lowest BCUT2D eigenvalue weighted by molar-refractivity contribution is -0.142. The Labute approximate surface area is 253 Å². The number of aromatic nitrogens is 3. The molecule has 0 unspecified atom stereocenters. The second-order valence-corrected chi connectivity index (χ2v) is 13.1. The van der Waals surface area contributed by atoms with Gasteiger partial charge in [0.05, 0.1) is 35.3 Å². The van der Waals surface area contributed by atoms with Crippen LogP contribution in [0.5, 0.6) is 0 Å². The van der Waals surface area contributed by atoms with Crippen LogP contribution in [0.2, 0.25) is 0 Å². The van der Waals surface area contributed by atoms with E-state index in [9.17, 15) is 31.5 Å². The maximum Gasteiger partial charge on any atom is 0.408 e. The number of benzene rings is 2. The molecule has 2 aromatic heterocycles. The largest absolute Gasteiger partial charge is 0.408 e. The van der Waals surface area contributed by atoms with E-state index in [4.69, 9.17) is 0 Å². The van der Waals surface area contributed by atoms with Crippen molar-refractivity contribution in [2.24, 2.45) is 0 Å². The number of hydrogen-bond acceptors (Lipinski definition) is 6. The number of anilines is 1. The fourth-order valence-corrected chi connectivity index (χ4v) is 6.72. The second kappa shape index (κ2) is 12.6. The Bertz CT molecular complexity index is 1740. The molecule has 236 valence electrons. The zero-order valence-corrected chi connectivity index (χ0v) is 25.2. The number of halogens is 3. The van der Waals surface area contributed by atoms with Crippen molar-refractivity contribution in [2.75, 3.05) is 23.7 Å². The molecule has 14 heteroatoms. The molecule has 0 radical (unpaired) electrons. The van der Waals surface area contributed by atoms with Crippen molar-refractivity contribution < 1.29 is 31.5 Å². The fraction of sp³-hybridized carbons (Fsp3) is 0.400. The quantitative estimate of drug-likeness (QED) is 0.234. The first-order chi connectivity index (χ1) is 20.8. The highest BCUT2D eigenvalue weighted by Crippen LogP contribution is 2.37. The van der Waals surface area contributed by atoms with Crippen LogP contribution >= 0.6 is 0 Å². The molecule has 10 nitrogen and oxygen atoms in total. The minimum atomic E-state index is -4.39. The van der Waals surface area contributed by atoms with Gasteiger partial charge < -0.3 is 20.3 Å². The van der Waals surface area contributed by atoms with E-state index in [1.54, 1.807) is 12.1 Å². The first kappa shape index (κ1) is 31.5. The molecule has 0 fully saturated rings. The minimum Gasteiger partial charge on any atom is -0.390 e. The summed E-state index contributed by atoms with van der Waals surface area (Å²) in [5.74, 6) is -0.513. The van der Waals surface area contributed by atoms with Gasteiger partial charge in [0.25, 0.3) is 5.91 Å². The van der Waals surface area contributed by atoms with E-state index < -0.39 is 40.8 Å². The molecule has 1 aliphatic rings. The SMILES string of the molecule is CCn1cc2c3c(cc(C(=O)N[C@@H](Cc4ccccc4)[C@H](O)CNCc4cnn(CC(F)(F)F)c4)cc31)N(C)S(=O)(=O)CC2. The van der Waals surface area contributed by atoms with Crippen LogP contribution in [0.3, 0.4) is 0 Å². The summed E-state index contributed by atoms with van der Waals surface area (Å²) in [6, 6.07) is 11.9. The van der Waals surface area contributed by atoms with Gasteiger partial charge in [0.15, 0.2) is 0 Å². The van der Waals surface area contributed by atoms with Crippen LogP contribution in [0.1, 0.15) is 34.0 Å². The number of carbonyl (C=O) groups excluding carboxylic acids is 1. The van der Waals surface area contributed by atoms with Gasteiger partial charge in [-0.15, -0.1) is 0 Å². The molecular weight excluding hydrogens is 597 g/mol. The summed E-state index contributed by atoms with van der Waals surface area (Å²) in [4.78, 5) is 13.7. The molecule has 0 saturated carbocycles.